The minimum absolute atomic E-state index is 0.312. The zero-order chi connectivity index (χ0) is 7.82. The first kappa shape index (κ1) is 9.66. The fraction of sp³-hybridized carbons (Fsp3) is 0.750. The van der Waals surface area contributed by atoms with Crippen LogP contribution in [0.15, 0.2) is 12.2 Å². The Morgan fingerprint density at radius 1 is 1.20 bits per heavy atom. The maximum absolute atomic E-state index is 5.25. The SMILES string of the molecule is COC/C=C/COC(C)C. The lowest BCUT2D eigenvalue weighted by Crippen LogP contribution is -2.01. The molecule has 0 unspecified atom stereocenters. The van der Waals surface area contributed by atoms with Gasteiger partial charge in [0, 0.05) is 7.11 Å². The summed E-state index contributed by atoms with van der Waals surface area (Å²) in [6.45, 7) is 5.39. The van der Waals surface area contributed by atoms with Gasteiger partial charge in [0.15, 0.2) is 0 Å². The topological polar surface area (TPSA) is 18.5 Å². The summed E-state index contributed by atoms with van der Waals surface area (Å²) < 4.78 is 10.1. The largest absolute Gasteiger partial charge is 0.381 e. The third-order valence-corrected chi connectivity index (χ3v) is 0.955. The third kappa shape index (κ3) is 7.66. The molecule has 0 N–H and O–H groups in total. The maximum Gasteiger partial charge on any atom is 0.0651 e. The highest BCUT2D eigenvalue weighted by Crippen LogP contribution is 1.87. The zero-order valence-electron chi connectivity index (χ0n) is 6.96. The molecule has 60 valence electrons. The van der Waals surface area contributed by atoms with Gasteiger partial charge in [0.1, 0.15) is 0 Å². The molecule has 0 atom stereocenters. The number of ether oxygens (including phenoxy) is 2. The fourth-order valence-electron chi connectivity index (χ4n) is 0.480. The van der Waals surface area contributed by atoms with E-state index in [1.165, 1.54) is 0 Å². The van der Waals surface area contributed by atoms with Crippen molar-refractivity contribution in [2.75, 3.05) is 20.3 Å². The van der Waals surface area contributed by atoms with Crippen molar-refractivity contribution >= 4 is 0 Å². The van der Waals surface area contributed by atoms with Gasteiger partial charge in [-0.2, -0.15) is 0 Å². The number of hydrogen-bond acceptors (Lipinski definition) is 2. The predicted molar refractivity (Wildman–Crippen MR) is 42.1 cm³/mol. The minimum atomic E-state index is 0.312. The Labute approximate surface area is 62.8 Å². The molecule has 0 aromatic heterocycles. The van der Waals surface area contributed by atoms with E-state index in [2.05, 4.69) is 0 Å². The Bertz CT molecular complexity index is 87.3. The average molecular weight is 144 g/mol. The normalized spacial score (nSPS) is 11.6. The molecule has 0 saturated carbocycles. The molecule has 0 amide bonds. The lowest BCUT2D eigenvalue weighted by atomic mass is 10.5. The second-order valence-corrected chi connectivity index (χ2v) is 2.31. The van der Waals surface area contributed by atoms with Crippen LogP contribution in [0.25, 0.3) is 0 Å². The Balaban J connectivity index is 3.02. The summed E-state index contributed by atoms with van der Waals surface area (Å²) in [7, 11) is 1.67. The molecular weight excluding hydrogens is 128 g/mol. The maximum atomic E-state index is 5.25. The molecule has 0 heterocycles. The molecule has 0 radical (unpaired) electrons. The molecule has 0 aliphatic carbocycles. The Morgan fingerprint density at radius 3 is 2.30 bits per heavy atom. The van der Waals surface area contributed by atoms with E-state index in [9.17, 15) is 0 Å². The summed E-state index contributed by atoms with van der Waals surface area (Å²) in [6, 6.07) is 0. The second-order valence-electron chi connectivity index (χ2n) is 2.31. The average Bonchev–Trinajstić information content (AvgIpc) is 1.87. The van der Waals surface area contributed by atoms with E-state index in [-0.39, 0.29) is 0 Å². The van der Waals surface area contributed by atoms with Gasteiger partial charge in [-0.15, -0.1) is 0 Å². The lowest BCUT2D eigenvalue weighted by Gasteiger charge is -2.02. The van der Waals surface area contributed by atoms with Gasteiger partial charge in [-0.1, -0.05) is 12.2 Å². The Hall–Kier alpha value is -0.340. The van der Waals surface area contributed by atoms with E-state index in [0.29, 0.717) is 19.3 Å². The fourth-order valence-corrected chi connectivity index (χ4v) is 0.480. The molecule has 0 aromatic rings. The minimum Gasteiger partial charge on any atom is -0.381 e. The standard InChI is InChI=1S/C8H16O2/c1-8(2)10-7-5-4-6-9-3/h4-5,8H,6-7H2,1-3H3/b5-4+. The van der Waals surface area contributed by atoms with Crippen molar-refractivity contribution in [1.82, 2.24) is 0 Å². The van der Waals surface area contributed by atoms with Gasteiger partial charge >= 0.3 is 0 Å². The molecule has 2 heteroatoms. The summed E-state index contributed by atoms with van der Waals surface area (Å²) in [5.74, 6) is 0. The van der Waals surface area contributed by atoms with E-state index in [1.807, 2.05) is 26.0 Å². The van der Waals surface area contributed by atoms with Gasteiger partial charge < -0.3 is 9.47 Å². The summed E-state index contributed by atoms with van der Waals surface area (Å²) >= 11 is 0. The predicted octanol–water partition coefficient (Wildman–Crippen LogP) is 1.61. The molecule has 0 saturated heterocycles. The summed E-state index contributed by atoms with van der Waals surface area (Å²) in [6.07, 6.45) is 4.22. The highest BCUT2D eigenvalue weighted by molar-refractivity contribution is 4.80. The van der Waals surface area contributed by atoms with E-state index in [1.54, 1.807) is 7.11 Å². The van der Waals surface area contributed by atoms with Crippen molar-refractivity contribution in [3.63, 3.8) is 0 Å². The van der Waals surface area contributed by atoms with Crippen LogP contribution in [0.5, 0.6) is 0 Å². The van der Waals surface area contributed by atoms with Gasteiger partial charge in [-0.05, 0) is 13.8 Å². The van der Waals surface area contributed by atoms with Gasteiger partial charge in [0.05, 0.1) is 19.3 Å². The molecule has 0 aromatic carbocycles. The first-order valence-corrected chi connectivity index (χ1v) is 3.53. The van der Waals surface area contributed by atoms with Crippen molar-refractivity contribution in [3.8, 4) is 0 Å². The van der Waals surface area contributed by atoms with Crippen molar-refractivity contribution < 1.29 is 9.47 Å². The zero-order valence-corrected chi connectivity index (χ0v) is 6.96. The van der Waals surface area contributed by atoms with Gasteiger partial charge in [0.2, 0.25) is 0 Å². The van der Waals surface area contributed by atoms with Crippen LogP contribution in [-0.2, 0) is 9.47 Å². The molecule has 0 aliphatic heterocycles. The highest BCUT2D eigenvalue weighted by Gasteiger charge is 1.86. The number of hydrogen-bond donors (Lipinski definition) is 0. The van der Waals surface area contributed by atoms with Gasteiger partial charge in [0.25, 0.3) is 0 Å². The van der Waals surface area contributed by atoms with Crippen molar-refractivity contribution in [3.05, 3.63) is 12.2 Å². The van der Waals surface area contributed by atoms with Crippen LogP contribution in [0.1, 0.15) is 13.8 Å². The van der Waals surface area contributed by atoms with Crippen LogP contribution in [0.3, 0.4) is 0 Å². The Morgan fingerprint density at radius 2 is 1.80 bits per heavy atom. The van der Waals surface area contributed by atoms with Crippen molar-refractivity contribution in [2.45, 2.75) is 20.0 Å². The first-order valence-electron chi connectivity index (χ1n) is 3.53. The van der Waals surface area contributed by atoms with Gasteiger partial charge in [-0.25, -0.2) is 0 Å². The third-order valence-electron chi connectivity index (χ3n) is 0.955. The summed E-state index contributed by atoms with van der Waals surface area (Å²) in [5.41, 5.74) is 0. The van der Waals surface area contributed by atoms with E-state index in [4.69, 9.17) is 9.47 Å². The lowest BCUT2D eigenvalue weighted by molar-refractivity contribution is 0.102. The van der Waals surface area contributed by atoms with Gasteiger partial charge in [-0.3, -0.25) is 0 Å². The summed E-state index contributed by atoms with van der Waals surface area (Å²) in [4.78, 5) is 0. The van der Waals surface area contributed by atoms with Crippen LogP contribution in [0.4, 0.5) is 0 Å². The molecular formula is C8H16O2. The smallest absolute Gasteiger partial charge is 0.0651 e. The molecule has 2 nitrogen and oxygen atoms in total. The molecule has 0 aliphatic rings. The van der Waals surface area contributed by atoms with Crippen LogP contribution < -0.4 is 0 Å². The van der Waals surface area contributed by atoms with Crippen LogP contribution in [-0.4, -0.2) is 26.4 Å². The summed E-state index contributed by atoms with van der Waals surface area (Å²) in [5, 5.41) is 0. The van der Waals surface area contributed by atoms with Crippen molar-refractivity contribution in [1.29, 1.82) is 0 Å². The number of methoxy groups -OCH3 is 1. The molecule has 0 fully saturated rings. The molecule has 10 heavy (non-hydrogen) atoms. The Kier molecular flexibility index (Phi) is 6.55. The van der Waals surface area contributed by atoms with Crippen LogP contribution >= 0.6 is 0 Å². The monoisotopic (exact) mass is 144 g/mol. The quantitative estimate of drug-likeness (QED) is 0.546. The molecule has 0 rings (SSSR count). The number of rotatable bonds is 5. The highest BCUT2D eigenvalue weighted by atomic mass is 16.5. The van der Waals surface area contributed by atoms with Crippen molar-refractivity contribution in [2.24, 2.45) is 0 Å². The van der Waals surface area contributed by atoms with E-state index in [0.717, 1.165) is 0 Å². The van der Waals surface area contributed by atoms with Crippen LogP contribution in [0.2, 0.25) is 0 Å². The first-order chi connectivity index (χ1) is 4.77. The molecule has 0 bridgehead atoms. The van der Waals surface area contributed by atoms with E-state index < -0.39 is 0 Å². The second kappa shape index (κ2) is 6.78. The van der Waals surface area contributed by atoms with Crippen LogP contribution in [0, 0.1) is 0 Å². The van der Waals surface area contributed by atoms with E-state index >= 15 is 0 Å². The molecule has 0 spiro atoms.